The lowest BCUT2D eigenvalue weighted by Gasteiger charge is -2.20. The number of hydrogen-bond donors (Lipinski definition) is 2. The van der Waals surface area contributed by atoms with Gasteiger partial charge in [-0.25, -0.2) is 0 Å². The summed E-state index contributed by atoms with van der Waals surface area (Å²) < 4.78 is 0. The van der Waals surface area contributed by atoms with E-state index < -0.39 is 0 Å². The van der Waals surface area contributed by atoms with E-state index in [0.29, 0.717) is 5.11 Å². The van der Waals surface area contributed by atoms with Crippen LogP contribution < -0.4 is 10.6 Å². The van der Waals surface area contributed by atoms with Gasteiger partial charge in [-0.15, -0.1) is 0 Å². The number of rotatable bonds is 3. The van der Waals surface area contributed by atoms with E-state index >= 15 is 0 Å². The van der Waals surface area contributed by atoms with Gasteiger partial charge in [-0.1, -0.05) is 41.5 Å². The molecule has 0 aliphatic heterocycles. The molecular formula is C19H24N2S. The number of hydrogen-bond acceptors (Lipinski definition) is 1. The number of anilines is 1. The van der Waals surface area contributed by atoms with Crippen molar-refractivity contribution in [1.82, 2.24) is 5.32 Å². The molecule has 1 atom stereocenters. The van der Waals surface area contributed by atoms with Crippen LogP contribution in [0, 0.1) is 27.7 Å². The van der Waals surface area contributed by atoms with E-state index in [9.17, 15) is 0 Å². The molecule has 2 N–H and O–H groups in total. The van der Waals surface area contributed by atoms with Crippen molar-refractivity contribution in [3.63, 3.8) is 0 Å². The van der Waals surface area contributed by atoms with Gasteiger partial charge >= 0.3 is 0 Å². The summed E-state index contributed by atoms with van der Waals surface area (Å²) in [4.78, 5) is 0. The van der Waals surface area contributed by atoms with Gasteiger partial charge in [0.25, 0.3) is 0 Å². The number of benzene rings is 2. The summed E-state index contributed by atoms with van der Waals surface area (Å²) in [5.74, 6) is 0. The van der Waals surface area contributed by atoms with E-state index in [2.05, 4.69) is 81.7 Å². The summed E-state index contributed by atoms with van der Waals surface area (Å²) in [6.07, 6.45) is 0. The van der Waals surface area contributed by atoms with E-state index in [-0.39, 0.29) is 6.04 Å². The number of thiocarbonyl (C=S) groups is 1. The molecule has 0 aliphatic rings. The fourth-order valence-electron chi connectivity index (χ4n) is 2.61. The Bertz CT molecular complexity index is 692. The van der Waals surface area contributed by atoms with Gasteiger partial charge < -0.3 is 10.6 Å². The lowest BCUT2D eigenvalue weighted by molar-refractivity contribution is 0.716. The molecule has 3 heteroatoms. The molecule has 0 bridgehead atoms. The quantitative estimate of drug-likeness (QED) is 0.783. The van der Waals surface area contributed by atoms with Gasteiger partial charge in [-0.3, -0.25) is 0 Å². The highest BCUT2D eigenvalue weighted by molar-refractivity contribution is 7.80. The maximum Gasteiger partial charge on any atom is 0.171 e. The monoisotopic (exact) mass is 312 g/mol. The van der Waals surface area contributed by atoms with Gasteiger partial charge in [0.15, 0.2) is 5.11 Å². The minimum Gasteiger partial charge on any atom is -0.356 e. The number of nitrogens with one attached hydrogen (secondary N) is 2. The Labute approximate surface area is 139 Å². The van der Waals surface area contributed by atoms with Gasteiger partial charge in [0.1, 0.15) is 0 Å². The molecule has 0 spiro atoms. The van der Waals surface area contributed by atoms with Gasteiger partial charge in [0, 0.05) is 5.69 Å². The minimum absolute atomic E-state index is 0.172. The molecule has 0 heterocycles. The smallest absolute Gasteiger partial charge is 0.171 e. The normalized spacial score (nSPS) is 11.9. The summed E-state index contributed by atoms with van der Waals surface area (Å²) in [7, 11) is 0. The van der Waals surface area contributed by atoms with E-state index in [4.69, 9.17) is 12.2 Å². The van der Waals surface area contributed by atoms with Gasteiger partial charge in [0.2, 0.25) is 0 Å². The molecule has 2 nitrogen and oxygen atoms in total. The van der Waals surface area contributed by atoms with Gasteiger partial charge in [0.05, 0.1) is 6.04 Å². The van der Waals surface area contributed by atoms with E-state index in [1.165, 1.54) is 27.8 Å². The first-order valence-corrected chi connectivity index (χ1v) is 7.99. The Morgan fingerprint density at radius 3 is 2.23 bits per heavy atom. The van der Waals surface area contributed by atoms with Crippen LogP contribution >= 0.6 is 12.2 Å². The average molecular weight is 312 g/mol. The maximum absolute atomic E-state index is 5.46. The van der Waals surface area contributed by atoms with Crippen molar-refractivity contribution in [2.24, 2.45) is 0 Å². The lowest BCUT2D eigenvalue weighted by atomic mass is 10.0. The van der Waals surface area contributed by atoms with Crippen molar-refractivity contribution in [2.75, 3.05) is 5.32 Å². The topological polar surface area (TPSA) is 24.1 Å². The first kappa shape index (κ1) is 16.5. The van der Waals surface area contributed by atoms with Gasteiger partial charge in [-0.05, 0) is 69.6 Å². The molecule has 2 aromatic carbocycles. The second-order valence-corrected chi connectivity index (χ2v) is 6.41. The Morgan fingerprint density at radius 1 is 0.909 bits per heavy atom. The van der Waals surface area contributed by atoms with Crippen molar-refractivity contribution >= 4 is 23.0 Å². The van der Waals surface area contributed by atoms with Crippen molar-refractivity contribution in [1.29, 1.82) is 0 Å². The van der Waals surface area contributed by atoms with Crippen LogP contribution in [-0.2, 0) is 0 Å². The summed E-state index contributed by atoms with van der Waals surface area (Å²) >= 11 is 5.46. The highest BCUT2D eigenvalue weighted by Gasteiger charge is 2.10. The standard InChI is InChI=1S/C19H24N2S/c1-12-7-9-18(15(4)10-12)21-19(22)20-16(5)17-11-13(2)6-8-14(17)3/h6-11,16H,1-5H3,(H2,20,21,22). The van der Waals surface area contributed by atoms with Crippen molar-refractivity contribution in [3.8, 4) is 0 Å². The Morgan fingerprint density at radius 2 is 1.55 bits per heavy atom. The Kier molecular flexibility index (Phi) is 5.19. The third-order valence-electron chi connectivity index (χ3n) is 3.88. The average Bonchev–Trinajstić information content (AvgIpc) is 2.44. The largest absolute Gasteiger partial charge is 0.356 e. The van der Waals surface area contributed by atoms with Crippen LogP contribution in [-0.4, -0.2) is 5.11 Å². The van der Waals surface area contributed by atoms with Crippen LogP contribution in [0.5, 0.6) is 0 Å². The first-order chi connectivity index (χ1) is 10.4. The highest BCUT2D eigenvalue weighted by atomic mass is 32.1. The molecule has 2 aromatic rings. The van der Waals surface area contributed by atoms with Crippen LogP contribution in [0.3, 0.4) is 0 Å². The zero-order valence-electron chi connectivity index (χ0n) is 13.9. The molecule has 0 radical (unpaired) electrons. The molecule has 0 amide bonds. The number of aryl methyl sites for hydroxylation is 4. The molecule has 0 aliphatic carbocycles. The Balaban J connectivity index is 2.06. The lowest BCUT2D eigenvalue weighted by Crippen LogP contribution is -2.31. The molecule has 2 rings (SSSR count). The predicted octanol–water partition coefficient (Wildman–Crippen LogP) is 4.97. The molecule has 0 fully saturated rings. The van der Waals surface area contributed by atoms with E-state index in [1.54, 1.807) is 0 Å². The summed E-state index contributed by atoms with van der Waals surface area (Å²) in [5, 5.41) is 7.32. The second-order valence-electron chi connectivity index (χ2n) is 6.00. The Hall–Kier alpha value is -1.87. The fourth-order valence-corrected chi connectivity index (χ4v) is 2.90. The highest BCUT2D eigenvalue weighted by Crippen LogP contribution is 2.20. The fraction of sp³-hybridized carbons (Fsp3) is 0.316. The molecule has 0 saturated heterocycles. The first-order valence-electron chi connectivity index (χ1n) is 7.58. The van der Waals surface area contributed by atoms with Crippen molar-refractivity contribution < 1.29 is 0 Å². The van der Waals surface area contributed by atoms with Crippen molar-refractivity contribution in [2.45, 2.75) is 40.7 Å². The summed E-state index contributed by atoms with van der Waals surface area (Å²) in [5.41, 5.74) is 7.33. The third kappa shape index (κ3) is 4.08. The summed E-state index contributed by atoms with van der Waals surface area (Å²) in [6, 6.07) is 13.0. The zero-order chi connectivity index (χ0) is 16.3. The SMILES string of the molecule is Cc1ccc(NC(=S)NC(C)c2cc(C)ccc2C)c(C)c1. The molecule has 0 aromatic heterocycles. The van der Waals surface area contributed by atoms with E-state index in [0.717, 1.165) is 5.69 Å². The van der Waals surface area contributed by atoms with Gasteiger partial charge in [-0.2, -0.15) is 0 Å². The van der Waals surface area contributed by atoms with Crippen LogP contribution in [0.25, 0.3) is 0 Å². The molecular weight excluding hydrogens is 288 g/mol. The molecule has 0 saturated carbocycles. The third-order valence-corrected chi connectivity index (χ3v) is 4.10. The summed E-state index contributed by atoms with van der Waals surface area (Å²) in [6.45, 7) is 10.6. The maximum atomic E-state index is 5.46. The van der Waals surface area contributed by atoms with Crippen LogP contribution in [0.15, 0.2) is 36.4 Å². The van der Waals surface area contributed by atoms with E-state index in [1.807, 2.05) is 0 Å². The zero-order valence-corrected chi connectivity index (χ0v) is 14.8. The minimum atomic E-state index is 0.172. The van der Waals surface area contributed by atoms with Crippen molar-refractivity contribution in [3.05, 3.63) is 64.2 Å². The van der Waals surface area contributed by atoms with Crippen LogP contribution in [0.1, 0.15) is 40.8 Å². The predicted molar refractivity (Wildman–Crippen MR) is 99.6 cm³/mol. The molecule has 22 heavy (non-hydrogen) atoms. The van der Waals surface area contributed by atoms with Crippen LogP contribution in [0.4, 0.5) is 5.69 Å². The second kappa shape index (κ2) is 6.93. The molecule has 1 unspecified atom stereocenters. The van der Waals surface area contributed by atoms with Crippen LogP contribution in [0.2, 0.25) is 0 Å². The molecule has 116 valence electrons.